The van der Waals surface area contributed by atoms with Crippen molar-refractivity contribution in [1.29, 1.82) is 0 Å². The zero-order valence-electron chi connectivity index (χ0n) is 17.9. The first-order valence-electron chi connectivity index (χ1n) is 10.6. The van der Waals surface area contributed by atoms with Gasteiger partial charge < -0.3 is 10.5 Å². The SMILES string of the molecule is COCc1cccc(C2=NCC=C2c2ccc3ncc(-c4cnn(CCN)c4)cc3n2)c1. The number of ether oxygens (including phenoxy) is 1. The molecule has 1 aromatic carbocycles. The third-order valence-electron chi connectivity index (χ3n) is 5.45. The van der Waals surface area contributed by atoms with Gasteiger partial charge in [0.25, 0.3) is 0 Å². The first-order chi connectivity index (χ1) is 15.7. The molecule has 0 saturated carbocycles. The summed E-state index contributed by atoms with van der Waals surface area (Å²) in [5.74, 6) is 0. The number of nitrogens with zero attached hydrogens (tertiary/aromatic N) is 5. The van der Waals surface area contributed by atoms with E-state index in [1.165, 1.54) is 0 Å². The minimum Gasteiger partial charge on any atom is -0.380 e. The molecule has 0 aliphatic carbocycles. The zero-order valence-corrected chi connectivity index (χ0v) is 17.9. The summed E-state index contributed by atoms with van der Waals surface area (Å²) in [6, 6.07) is 14.4. The van der Waals surface area contributed by atoms with Crippen LogP contribution in [0.5, 0.6) is 0 Å². The van der Waals surface area contributed by atoms with E-state index in [9.17, 15) is 0 Å². The van der Waals surface area contributed by atoms with Gasteiger partial charge in [-0.25, -0.2) is 4.98 Å². The predicted molar refractivity (Wildman–Crippen MR) is 126 cm³/mol. The number of hydrogen-bond donors (Lipinski definition) is 1. The normalized spacial score (nSPS) is 13.4. The fourth-order valence-electron chi connectivity index (χ4n) is 3.94. The Bertz CT molecular complexity index is 1340. The minimum atomic E-state index is 0.551. The highest BCUT2D eigenvalue weighted by Crippen LogP contribution is 2.27. The maximum Gasteiger partial charge on any atom is 0.0900 e. The first-order valence-corrected chi connectivity index (χ1v) is 10.6. The number of methoxy groups -OCH3 is 1. The lowest BCUT2D eigenvalue weighted by Crippen LogP contribution is -2.09. The number of pyridine rings is 2. The van der Waals surface area contributed by atoms with Crippen molar-refractivity contribution in [2.24, 2.45) is 10.7 Å². The van der Waals surface area contributed by atoms with E-state index in [2.05, 4.69) is 40.4 Å². The number of nitrogens with two attached hydrogens (primary N) is 1. The van der Waals surface area contributed by atoms with Crippen LogP contribution in [-0.4, -0.2) is 45.7 Å². The number of aromatic nitrogens is 4. The molecule has 0 fully saturated rings. The summed E-state index contributed by atoms with van der Waals surface area (Å²) in [4.78, 5) is 14.3. The lowest BCUT2D eigenvalue weighted by atomic mass is 9.98. The average molecular weight is 425 g/mol. The molecule has 7 nitrogen and oxygen atoms in total. The van der Waals surface area contributed by atoms with Crippen LogP contribution in [0.4, 0.5) is 0 Å². The summed E-state index contributed by atoms with van der Waals surface area (Å²) < 4.78 is 7.12. The molecule has 0 unspecified atom stereocenters. The number of fused-ring (bicyclic) bond motifs is 1. The van der Waals surface area contributed by atoms with Crippen LogP contribution in [0.2, 0.25) is 0 Å². The second-order valence-electron chi connectivity index (χ2n) is 7.68. The van der Waals surface area contributed by atoms with Gasteiger partial charge in [0, 0.05) is 48.3 Å². The van der Waals surface area contributed by atoms with E-state index < -0.39 is 0 Å². The van der Waals surface area contributed by atoms with E-state index in [0.29, 0.717) is 26.2 Å². The van der Waals surface area contributed by atoms with Crippen LogP contribution >= 0.6 is 0 Å². The van der Waals surface area contributed by atoms with Crippen LogP contribution < -0.4 is 5.73 Å². The molecule has 3 aromatic heterocycles. The number of hydrogen-bond acceptors (Lipinski definition) is 6. The Balaban J connectivity index is 1.48. The summed E-state index contributed by atoms with van der Waals surface area (Å²) in [5.41, 5.74) is 14.4. The highest BCUT2D eigenvalue weighted by Gasteiger charge is 2.18. The second-order valence-corrected chi connectivity index (χ2v) is 7.68. The summed E-state index contributed by atoms with van der Waals surface area (Å²) in [6.07, 6.45) is 7.80. The predicted octanol–water partition coefficient (Wildman–Crippen LogP) is 3.48. The van der Waals surface area contributed by atoms with Gasteiger partial charge in [0.1, 0.15) is 0 Å². The Morgan fingerprint density at radius 1 is 1.03 bits per heavy atom. The standard InChI is InChI=1S/C25H24N6O/c1-32-16-17-3-2-4-18(11-17)25-21(7-9-27-25)22-5-6-23-24(30-22)12-19(13-28-23)20-14-29-31(15-20)10-8-26/h2-7,11-15H,8-10,16,26H2,1H3. The van der Waals surface area contributed by atoms with Crippen molar-refractivity contribution >= 4 is 22.3 Å². The summed E-state index contributed by atoms with van der Waals surface area (Å²) in [5, 5.41) is 4.36. The van der Waals surface area contributed by atoms with Crippen LogP contribution in [0.15, 0.2) is 72.1 Å². The van der Waals surface area contributed by atoms with Gasteiger partial charge in [-0.3, -0.25) is 14.7 Å². The monoisotopic (exact) mass is 424 g/mol. The molecule has 0 spiro atoms. The Morgan fingerprint density at radius 2 is 1.97 bits per heavy atom. The maximum absolute atomic E-state index is 5.63. The number of allylic oxidation sites excluding steroid dienone is 1. The van der Waals surface area contributed by atoms with E-state index in [-0.39, 0.29) is 0 Å². The highest BCUT2D eigenvalue weighted by molar-refractivity contribution is 6.32. The summed E-state index contributed by atoms with van der Waals surface area (Å²) in [7, 11) is 1.70. The molecule has 0 atom stereocenters. The van der Waals surface area contributed by atoms with Crippen molar-refractivity contribution in [1.82, 2.24) is 19.7 Å². The van der Waals surface area contributed by atoms with Crippen LogP contribution in [-0.2, 0) is 17.9 Å². The minimum absolute atomic E-state index is 0.551. The third kappa shape index (κ3) is 3.95. The lowest BCUT2D eigenvalue weighted by Gasteiger charge is -2.10. The molecule has 0 bridgehead atoms. The molecule has 2 N–H and O–H groups in total. The van der Waals surface area contributed by atoms with Crippen molar-refractivity contribution in [2.75, 3.05) is 20.2 Å². The summed E-state index contributed by atoms with van der Waals surface area (Å²) in [6.45, 7) is 2.46. The van der Waals surface area contributed by atoms with Crippen molar-refractivity contribution in [3.8, 4) is 11.1 Å². The van der Waals surface area contributed by atoms with Gasteiger partial charge in [0.15, 0.2) is 0 Å². The van der Waals surface area contributed by atoms with Gasteiger partial charge in [-0.15, -0.1) is 0 Å². The Hall–Kier alpha value is -3.68. The third-order valence-corrected chi connectivity index (χ3v) is 5.45. The van der Waals surface area contributed by atoms with E-state index in [0.717, 1.165) is 50.3 Å². The number of rotatable bonds is 7. The van der Waals surface area contributed by atoms with E-state index in [4.69, 9.17) is 20.4 Å². The molecule has 0 radical (unpaired) electrons. The Kier molecular flexibility index (Phi) is 5.58. The molecule has 0 amide bonds. The van der Waals surface area contributed by atoms with Crippen LogP contribution in [0.3, 0.4) is 0 Å². The molecule has 32 heavy (non-hydrogen) atoms. The van der Waals surface area contributed by atoms with Crippen molar-refractivity contribution in [3.63, 3.8) is 0 Å². The molecule has 0 saturated heterocycles. The Morgan fingerprint density at radius 3 is 2.84 bits per heavy atom. The molecule has 4 heterocycles. The summed E-state index contributed by atoms with van der Waals surface area (Å²) >= 11 is 0. The molecule has 4 aromatic rings. The largest absolute Gasteiger partial charge is 0.380 e. The van der Waals surface area contributed by atoms with E-state index in [1.54, 1.807) is 7.11 Å². The molecule has 1 aliphatic heterocycles. The molecule has 1 aliphatic rings. The molecule has 5 rings (SSSR count). The van der Waals surface area contributed by atoms with Crippen LogP contribution in [0.1, 0.15) is 16.8 Å². The van der Waals surface area contributed by atoms with Crippen LogP contribution in [0, 0.1) is 0 Å². The van der Waals surface area contributed by atoms with Gasteiger partial charge in [-0.05, 0) is 29.8 Å². The fourth-order valence-corrected chi connectivity index (χ4v) is 3.94. The highest BCUT2D eigenvalue weighted by atomic mass is 16.5. The number of aliphatic imine (C=N–C) groups is 1. The molecular weight excluding hydrogens is 400 g/mol. The fraction of sp³-hybridized carbons (Fsp3) is 0.200. The molecular formula is C25H24N6O. The smallest absolute Gasteiger partial charge is 0.0900 e. The van der Waals surface area contributed by atoms with Gasteiger partial charge in [0.05, 0.1) is 48.3 Å². The quantitative estimate of drug-likeness (QED) is 0.490. The van der Waals surface area contributed by atoms with Gasteiger partial charge in [-0.1, -0.05) is 24.3 Å². The van der Waals surface area contributed by atoms with Crippen molar-refractivity contribution in [3.05, 3.63) is 84.0 Å². The Labute approximate surface area is 186 Å². The van der Waals surface area contributed by atoms with Gasteiger partial charge >= 0.3 is 0 Å². The molecule has 160 valence electrons. The second kappa shape index (κ2) is 8.82. The van der Waals surface area contributed by atoms with Crippen molar-refractivity contribution < 1.29 is 4.74 Å². The van der Waals surface area contributed by atoms with Crippen molar-refractivity contribution in [2.45, 2.75) is 13.2 Å². The lowest BCUT2D eigenvalue weighted by molar-refractivity contribution is 0.185. The average Bonchev–Trinajstić information content (AvgIpc) is 3.49. The van der Waals surface area contributed by atoms with Gasteiger partial charge in [-0.2, -0.15) is 5.10 Å². The van der Waals surface area contributed by atoms with Crippen LogP contribution in [0.25, 0.3) is 27.7 Å². The first kappa shape index (κ1) is 20.2. The zero-order chi connectivity index (χ0) is 21.9. The van der Waals surface area contributed by atoms with E-state index in [1.807, 2.05) is 41.5 Å². The number of benzene rings is 1. The molecule has 7 heteroatoms. The van der Waals surface area contributed by atoms with E-state index >= 15 is 0 Å². The maximum atomic E-state index is 5.63. The van der Waals surface area contributed by atoms with Gasteiger partial charge in [0.2, 0.25) is 0 Å². The topological polar surface area (TPSA) is 91.2 Å².